The number of carbonyl (C=O) groups excluding carboxylic acids is 1. The first-order valence-corrected chi connectivity index (χ1v) is 7.72. The van der Waals surface area contributed by atoms with Crippen molar-refractivity contribution in [3.8, 4) is 5.75 Å². The number of ether oxygens (including phenoxy) is 2. The molecule has 7 nitrogen and oxygen atoms in total. The van der Waals surface area contributed by atoms with E-state index in [0.717, 1.165) is 5.56 Å². The molecular formula is C15H21NO6S. The van der Waals surface area contributed by atoms with Crippen molar-refractivity contribution in [3.05, 3.63) is 29.8 Å². The maximum Gasteiger partial charge on any atom is 0.234 e. The number of carbonyl (C=O) groups is 1. The van der Waals surface area contributed by atoms with Crippen LogP contribution >= 0.6 is 12.8 Å². The summed E-state index contributed by atoms with van der Waals surface area (Å²) in [5.41, 5.74) is 0.796. The standard InChI is InChI=1S/C15H21NO6S/c1-8-13(19)14(20)11(7-17)22-15(8)21-10-4-2-9(3-5-10)6-12(18)16-23/h2-5,8,11,13-15,17,19-20,23H,6-7H2,1H3,(H,16,18). The predicted molar refractivity (Wildman–Crippen MR) is 84.8 cm³/mol. The van der Waals surface area contributed by atoms with Gasteiger partial charge in [-0.25, -0.2) is 0 Å². The number of aliphatic hydroxyl groups is 3. The van der Waals surface area contributed by atoms with Gasteiger partial charge in [-0.05, 0) is 17.7 Å². The average molecular weight is 343 g/mol. The molecule has 1 aliphatic heterocycles. The molecule has 0 radical (unpaired) electrons. The summed E-state index contributed by atoms with van der Waals surface area (Å²) in [6, 6.07) is 6.84. The van der Waals surface area contributed by atoms with Crippen molar-refractivity contribution in [2.75, 3.05) is 6.61 Å². The summed E-state index contributed by atoms with van der Waals surface area (Å²) in [7, 11) is 0. The second-order valence-corrected chi connectivity index (χ2v) is 5.76. The molecule has 5 unspecified atom stereocenters. The Morgan fingerprint density at radius 2 is 1.96 bits per heavy atom. The molecule has 0 aliphatic carbocycles. The molecule has 4 N–H and O–H groups in total. The lowest BCUT2D eigenvalue weighted by molar-refractivity contribution is -0.256. The Labute approximate surface area is 139 Å². The van der Waals surface area contributed by atoms with E-state index in [4.69, 9.17) is 9.47 Å². The number of benzene rings is 1. The summed E-state index contributed by atoms with van der Waals surface area (Å²) in [6.07, 6.45) is -3.69. The van der Waals surface area contributed by atoms with Gasteiger partial charge >= 0.3 is 0 Å². The van der Waals surface area contributed by atoms with Gasteiger partial charge in [-0.1, -0.05) is 31.9 Å². The molecule has 0 saturated carbocycles. The maximum absolute atomic E-state index is 11.2. The van der Waals surface area contributed by atoms with E-state index < -0.39 is 37.1 Å². The molecule has 1 aliphatic rings. The van der Waals surface area contributed by atoms with Crippen LogP contribution in [-0.4, -0.2) is 52.4 Å². The van der Waals surface area contributed by atoms with Crippen LogP contribution in [0, 0.1) is 5.92 Å². The smallest absolute Gasteiger partial charge is 0.234 e. The fourth-order valence-electron chi connectivity index (χ4n) is 2.40. The third kappa shape index (κ3) is 4.36. The highest BCUT2D eigenvalue weighted by atomic mass is 32.1. The second-order valence-electron chi connectivity index (χ2n) is 5.54. The van der Waals surface area contributed by atoms with Crippen LogP contribution in [0.4, 0.5) is 0 Å². The molecule has 1 aromatic rings. The van der Waals surface area contributed by atoms with Crippen molar-refractivity contribution in [2.24, 2.45) is 5.92 Å². The monoisotopic (exact) mass is 343 g/mol. The fourth-order valence-corrected chi connectivity index (χ4v) is 2.48. The first kappa shape index (κ1) is 18.0. The Kier molecular flexibility index (Phi) is 6.25. The molecule has 8 heteroatoms. The molecule has 1 saturated heterocycles. The van der Waals surface area contributed by atoms with Crippen molar-refractivity contribution in [1.29, 1.82) is 0 Å². The van der Waals surface area contributed by atoms with E-state index in [0.29, 0.717) is 5.75 Å². The summed E-state index contributed by atoms with van der Waals surface area (Å²) >= 11 is 3.69. The summed E-state index contributed by atoms with van der Waals surface area (Å²) in [5.74, 6) is -0.186. The lowest BCUT2D eigenvalue weighted by atomic mass is 9.92. The van der Waals surface area contributed by atoms with Crippen LogP contribution in [0.25, 0.3) is 0 Å². The van der Waals surface area contributed by atoms with Gasteiger partial charge in [0, 0.05) is 5.92 Å². The Bertz CT molecular complexity index is 523. The molecule has 128 valence electrons. The van der Waals surface area contributed by atoms with E-state index in [2.05, 4.69) is 17.5 Å². The van der Waals surface area contributed by atoms with Gasteiger partial charge in [-0.15, -0.1) is 0 Å². The Balaban J connectivity index is 2.01. The zero-order chi connectivity index (χ0) is 17.0. The Morgan fingerprint density at radius 3 is 2.52 bits per heavy atom. The molecular weight excluding hydrogens is 322 g/mol. The van der Waals surface area contributed by atoms with Crippen LogP contribution in [0.2, 0.25) is 0 Å². The number of hydrogen-bond donors (Lipinski definition) is 5. The number of hydrogen-bond acceptors (Lipinski definition) is 7. The lowest BCUT2D eigenvalue weighted by Gasteiger charge is -2.40. The topological polar surface area (TPSA) is 108 Å². The molecule has 0 spiro atoms. The third-order valence-electron chi connectivity index (χ3n) is 3.85. The second kappa shape index (κ2) is 7.98. The van der Waals surface area contributed by atoms with E-state index in [1.807, 2.05) is 0 Å². The summed E-state index contributed by atoms with van der Waals surface area (Å²) in [5, 5.41) is 29.0. The highest BCUT2D eigenvalue weighted by molar-refractivity contribution is 7.78. The van der Waals surface area contributed by atoms with Gasteiger partial charge in [0.2, 0.25) is 12.2 Å². The predicted octanol–water partition coefficient (Wildman–Crippen LogP) is -0.356. The van der Waals surface area contributed by atoms with Gasteiger partial charge in [0.05, 0.1) is 19.1 Å². The van der Waals surface area contributed by atoms with E-state index >= 15 is 0 Å². The SMILES string of the molecule is CC1C(Oc2ccc(CC(=O)NS)cc2)OC(CO)C(O)C1O. The fraction of sp³-hybridized carbons (Fsp3) is 0.533. The van der Waals surface area contributed by atoms with E-state index in [-0.39, 0.29) is 12.3 Å². The van der Waals surface area contributed by atoms with E-state index in [9.17, 15) is 20.1 Å². The molecule has 1 aromatic carbocycles. The Hall–Kier alpha value is -1.32. The molecule has 1 heterocycles. The molecule has 0 aromatic heterocycles. The first-order chi connectivity index (χ1) is 11.0. The zero-order valence-electron chi connectivity index (χ0n) is 12.6. The van der Waals surface area contributed by atoms with Gasteiger partial charge in [-0.2, -0.15) is 0 Å². The van der Waals surface area contributed by atoms with Gasteiger partial charge < -0.3 is 29.5 Å². The summed E-state index contributed by atoms with van der Waals surface area (Å²) < 4.78 is 13.4. The van der Waals surface area contributed by atoms with Crippen molar-refractivity contribution < 1.29 is 29.6 Å². The highest BCUT2D eigenvalue weighted by Crippen LogP contribution is 2.28. The normalized spacial score (nSPS) is 30.7. The van der Waals surface area contributed by atoms with Crippen molar-refractivity contribution in [1.82, 2.24) is 4.72 Å². The molecule has 0 bridgehead atoms. The van der Waals surface area contributed by atoms with Crippen LogP contribution in [-0.2, 0) is 16.0 Å². The maximum atomic E-state index is 11.2. The molecule has 5 atom stereocenters. The molecule has 1 fully saturated rings. The minimum Gasteiger partial charge on any atom is -0.465 e. The minimum atomic E-state index is -1.16. The summed E-state index contributed by atoms with van der Waals surface area (Å²) in [4.78, 5) is 11.2. The average Bonchev–Trinajstić information content (AvgIpc) is 2.56. The van der Waals surface area contributed by atoms with Crippen molar-refractivity contribution in [3.63, 3.8) is 0 Å². The van der Waals surface area contributed by atoms with Gasteiger partial charge in [-0.3, -0.25) is 4.79 Å². The van der Waals surface area contributed by atoms with E-state index in [1.165, 1.54) is 0 Å². The van der Waals surface area contributed by atoms with Crippen LogP contribution in [0.15, 0.2) is 24.3 Å². The van der Waals surface area contributed by atoms with Gasteiger partial charge in [0.25, 0.3) is 0 Å². The van der Waals surface area contributed by atoms with E-state index in [1.54, 1.807) is 31.2 Å². The third-order valence-corrected chi connectivity index (χ3v) is 4.10. The molecule has 23 heavy (non-hydrogen) atoms. The largest absolute Gasteiger partial charge is 0.465 e. The van der Waals surface area contributed by atoms with Gasteiger partial charge in [0.15, 0.2) is 0 Å². The Morgan fingerprint density at radius 1 is 1.30 bits per heavy atom. The summed E-state index contributed by atoms with van der Waals surface area (Å²) in [6.45, 7) is 1.28. The van der Waals surface area contributed by atoms with Crippen LogP contribution in [0.1, 0.15) is 12.5 Å². The number of aliphatic hydroxyl groups excluding tert-OH is 3. The first-order valence-electron chi connectivity index (χ1n) is 7.27. The molecule has 2 rings (SSSR count). The number of thiol groups is 1. The van der Waals surface area contributed by atoms with Crippen LogP contribution in [0.3, 0.4) is 0 Å². The highest BCUT2D eigenvalue weighted by Gasteiger charge is 2.43. The van der Waals surface area contributed by atoms with Crippen molar-refractivity contribution >= 4 is 18.7 Å². The van der Waals surface area contributed by atoms with Gasteiger partial charge in [0.1, 0.15) is 18.0 Å². The number of nitrogens with one attached hydrogen (secondary N) is 1. The lowest BCUT2D eigenvalue weighted by Crippen LogP contribution is -2.56. The van der Waals surface area contributed by atoms with Crippen molar-refractivity contribution in [2.45, 2.75) is 37.9 Å². The quantitative estimate of drug-likeness (QED) is 0.468. The number of rotatable bonds is 5. The van der Waals surface area contributed by atoms with Crippen LogP contribution in [0.5, 0.6) is 5.75 Å². The zero-order valence-corrected chi connectivity index (χ0v) is 13.5. The van der Waals surface area contributed by atoms with Crippen LogP contribution < -0.4 is 9.46 Å². The molecule has 1 amide bonds. The minimum absolute atomic E-state index is 0.206. The number of amides is 1.